The van der Waals surface area contributed by atoms with Gasteiger partial charge in [-0.2, -0.15) is 4.98 Å². The molecule has 1 aromatic carbocycles. The maximum absolute atomic E-state index is 12.7. The summed E-state index contributed by atoms with van der Waals surface area (Å²) in [6, 6.07) is 7.57. The lowest BCUT2D eigenvalue weighted by atomic mass is 10.2. The molecule has 26 heavy (non-hydrogen) atoms. The number of imidazole rings is 1. The zero-order valence-corrected chi connectivity index (χ0v) is 16.3. The van der Waals surface area contributed by atoms with Gasteiger partial charge in [0.2, 0.25) is 5.95 Å². The zero-order chi connectivity index (χ0) is 19.0. The summed E-state index contributed by atoms with van der Waals surface area (Å²) in [5.41, 5.74) is 0.859. The third-order valence-corrected chi connectivity index (χ3v) is 4.70. The van der Waals surface area contributed by atoms with E-state index < -0.39 is 11.7 Å². The van der Waals surface area contributed by atoms with Crippen LogP contribution in [0.4, 0.5) is 5.95 Å². The van der Waals surface area contributed by atoms with Crippen LogP contribution < -0.4 is 16.6 Å². The average molecular weight is 422 g/mol. The van der Waals surface area contributed by atoms with E-state index in [2.05, 4.69) is 26.2 Å². The molecule has 0 amide bonds. The Morgan fingerprint density at radius 3 is 2.46 bits per heavy atom. The predicted octanol–water partition coefficient (Wildman–Crippen LogP) is 1.04. The first-order valence-corrected chi connectivity index (χ1v) is 8.91. The molecule has 2 N–H and O–H groups in total. The van der Waals surface area contributed by atoms with E-state index >= 15 is 0 Å². The van der Waals surface area contributed by atoms with Crippen molar-refractivity contribution in [3.05, 3.63) is 55.1 Å². The molecule has 0 saturated heterocycles. The van der Waals surface area contributed by atoms with Gasteiger partial charge in [-0.3, -0.25) is 18.5 Å². The van der Waals surface area contributed by atoms with Crippen LogP contribution in [0.3, 0.4) is 0 Å². The molecule has 8 nitrogen and oxygen atoms in total. The number of rotatable bonds is 5. The number of aryl methyl sites for hydroxylation is 2. The average Bonchev–Trinajstić information content (AvgIpc) is 2.84. The summed E-state index contributed by atoms with van der Waals surface area (Å²) >= 11 is 3.38. The second-order valence-corrected chi connectivity index (χ2v) is 7.17. The van der Waals surface area contributed by atoms with Gasteiger partial charge < -0.3 is 10.4 Å². The molecule has 0 aliphatic rings. The minimum absolute atomic E-state index is 0.249. The van der Waals surface area contributed by atoms with Gasteiger partial charge in [0.25, 0.3) is 0 Å². The molecule has 0 bridgehead atoms. The molecule has 0 fully saturated rings. The molecule has 1 atom stereocenters. The zero-order valence-electron chi connectivity index (χ0n) is 14.7. The number of nitrogens with zero attached hydrogens (tertiary/aromatic N) is 4. The van der Waals surface area contributed by atoms with Gasteiger partial charge in [-0.05, 0) is 24.6 Å². The van der Waals surface area contributed by atoms with Crippen LogP contribution in [-0.2, 0) is 20.6 Å². The second kappa shape index (κ2) is 7.08. The predicted molar refractivity (Wildman–Crippen MR) is 104 cm³/mol. The largest absolute Gasteiger partial charge is 0.392 e. The van der Waals surface area contributed by atoms with Crippen molar-refractivity contribution in [2.75, 3.05) is 11.9 Å². The second-order valence-electron chi connectivity index (χ2n) is 6.26. The number of aliphatic hydroxyl groups excluding tert-OH is 1. The Morgan fingerprint density at radius 2 is 1.85 bits per heavy atom. The SMILES string of the molecule is CC(O)CNc1nc(=O)c2c(n1C)n(C)c(=O)n2Cc1ccc(Br)cc1. The fraction of sp³-hybridized carbons (Fsp3) is 0.353. The molecule has 0 aliphatic carbocycles. The highest BCUT2D eigenvalue weighted by molar-refractivity contribution is 9.10. The van der Waals surface area contributed by atoms with Crippen molar-refractivity contribution < 1.29 is 5.11 Å². The van der Waals surface area contributed by atoms with E-state index in [-0.39, 0.29) is 24.3 Å². The summed E-state index contributed by atoms with van der Waals surface area (Å²) in [7, 11) is 3.35. The van der Waals surface area contributed by atoms with E-state index in [0.717, 1.165) is 10.0 Å². The molecule has 3 aromatic rings. The van der Waals surface area contributed by atoms with Gasteiger partial charge in [0.1, 0.15) is 5.65 Å². The van der Waals surface area contributed by atoms with Crippen LogP contribution in [0.5, 0.6) is 0 Å². The van der Waals surface area contributed by atoms with E-state index in [4.69, 9.17) is 0 Å². The number of hydrogen-bond donors (Lipinski definition) is 2. The molecule has 1 unspecified atom stereocenters. The number of benzene rings is 1. The van der Waals surface area contributed by atoms with Crippen molar-refractivity contribution >= 4 is 33.0 Å². The Kier molecular flexibility index (Phi) is 5.01. The lowest BCUT2D eigenvalue weighted by Gasteiger charge is -2.13. The Bertz CT molecular complexity index is 1060. The number of anilines is 1. The molecular formula is C17H20BrN5O3. The lowest BCUT2D eigenvalue weighted by molar-refractivity contribution is 0.208. The monoisotopic (exact) mass is 421 g/mol. The number of nitrogens with one attached hydrogen (secondary N) is 1. The summed E-state index contributed by atoms with van der Waals surface area (Å²) < 4.78 is 5.47. The smallest absolute Gasteiger partial charge is 0.330 e. The van der Waals surface area contributed by atoms with Gasteiger partial charge in [-0.25, -0.2) is 4.79 Å². The fourth-order valence-electron chi connectivity index (χ4n) is 2.88. The van der Waals surface area contributed by atoms with Crippen molar-refractivity contribution in [1.82, 2.24) is 18.7 Å². The Balaban J connectivity index is 2.15. The quantitative estimate of drug-likeness (QED) is 0.641. The van der Waals surface area contributed by atoms with Gasteiger partial charge >= 0.3 is 11.2 Å². The normalized spacial score (nSPS) is 12.5. The first-order chi connectivity index (χ1) is 12.3. The Labute approximate surface area is 157 Å². The van der Waals surface area contributed by atoms with Gasteiger partial charge in [-0.1, -0.05) is 28.1 Å². The molecule has 9 heteroatoms. The molecule has 3 rings (SSSR count). The fourth-order valence-corrected chi connectivity index (χ4v) is 3.15. The maximum atomic E-state index is 12.7. The number of halogens is 1. The minimum atomic E-state index is -0.589. The van der Waals surface area contributed by atoms with E-state index in [0.29, 0.717) is 11.6 Å². The van der Waals surface area contributed by atoms with Gasteiger partial charge in [0, 0.05) is 25.1 Å². The summed E-state index contributed by atoms with van der Waals surface area (Å²) in [5.74, 6) is 0.305. The van der Waals surface area contributed by atoms with Crippen molar-refractivity contribution in [3.63, 3.8) is 0 Å². The Hall–Kier alpha value is -2.39. The lowest BCUT2D eigenvalue weighted by Crippen LogP contribution is -2.24. The van der Waals surface area contributed by atoms with Crippen LogP contribution in [0.2, 0.25) is 0 Å². The van der Waals surface area contributed by atoms with Gasteiger partial charge in [-0.15, -0.1) is 0 Å². The summed E-state index contributed by atoms with van der Waals surface area (Å²) in [6.07, 6.45) is -0.589. The van der Waals surface area contributed by atoms with Gasteiger partial charge in [0.05, 0.1) is 12.6 Å². The van der Waals surface area contributed by atoms with E-state index in [9.17, 15) is 14.7 Å². The molecule has 138 valence electrons. The van der Waals surface area contributed by atoms with E-state index in [1.165, 1.54) is 9.13 Å². The number of aromatic nitrogens is 4. The minimum Gasteiger partial charge on any atom is -0.392 e. The highest BCUT2D eigenvalue weighted by Gasteiger charge is 2.19. The molecule has 0 aliphatic heterocycles. The number of fused-ring (bicyclic) bond motifs is 1. The van der Waals surface area contributed by atoms with Crippen molar-refractivity contribution in [1.29, 1.82) is 0 Å². The van der Waals surface area contributed by atoms with Crippen LogP contribution >= 0.6 is 15.9 Å². The van der Waals surface area contributed by atoms with E-state index in [1.54, 1.807) is 25.6 Å². The molecule has 0 spiro atoms. The van der Waals surface area contributed by atoms with Crippen LogP contribution in [0.1, 0.15) is 12.5 Å². The summed E-state index contributed by atoms with van der Waals surface area (Å²) in [5, 5.41) is 12.4. The van der Waals surface area contributed by atoms with Crippen molar-refractivity contribution in [2.24, 2.45) is 14.1 Å². The topological polar surface area (TPSA) is 94.1 Å². The summed E-state index contributed by atoms with van der Waals surface area (Å²) in [6.45, 7) is 2.16. The number of aliphatic hydroxyl groups is 1. The Morgan fingerprint density at radius 1 is 1.19 bits per heavy atom. The highest BCUT2D eigenvalue weighted by atomic mass is 79.9. The highest BCUT2D eigenvalue weighted by Crippen LogP contribution is 2.15. The van der Waals surface area contributed by atoms with Crippen LogP contribution in [0.15, 0.2) is 38.3 Å². The summed E-state index contributed by atoms with van der Waals surface area (Å²) in [4.78, 5) is 29.4. The van der Waals surface area contributed by atoms with Gasteiger partial charge in [0.15, 0.2) is 5.52 Å². The van der Waals surface area contributed by atoms with Crippen molar-refractivity contribution in [2.45, 2.75) is 19.6 Å². The van der Waals surface area contributed by atoms with Crippen LogP contribution in [0, 0.1) is 0 Å². The molecular weight excluding hydrogens is 402 g/mol. The third kappa shape index (κ3) is 3.32. The standard InChI is InChI=1S/C17H20BrN5O3/c1-10(24)8-19-16-20-14(25)13-15(21(16)2)22(3)17(26)23(13)9-11-4-6-12(18)7-5-11/h4-7,10,24H,8-9H2,1-3H3,(H,19,20,25). The van der Waals surface area contributed by atoms with Crippen LogP contribution in [0.25, 0.3) is 11.2 Å². The van der Waals surface area contributed by atoms with Crippen molar-refractivity contribution in [3.8, 4) is 0 Å². The van der Waals surface area contributed by atoms with Crippen LogP contribution in [-0.4, -0.2) is 36.4 Å². The van der Waals surface area contributed by atoms with E-state index in [1.807, 2.05) is 24.3 Å². The first kappa shape index (κ1) is 18.4. The molecule has 2 heterocycles. The molecule has 0 radical (unpaired) electrons. The molecule has 2 aromatic heterocycles. The number of hydrogen-bond acceptors (Lipinski definition) is 5. The molecule has 0 saturated carbocycles. The third-order valence-electron chi connectivity index (χ3n) is 4.17. The maximum Gasteiger partial charge on any atom is 0.330 e. The first-order valence-electron chi connectivity index (χ1n) is 8.12.